The van der Waals surface area contributed by atoms with Gasteiger partial charge in [-0.2, -0.15) is 0 Å². The van der Waals surface area contributed by atoms with Crippen LogP contribution in [0.1, 0.15) is 23.2 Å². The predicted molar refractivity (Wildman–Crippen MR) is 86.7 cm³/mol. The third-order valence-corrected chi connectivity index (χ3v) is 4.54. The average molecular weight is 393 g/mol. The van der Waals surface area contributed by atoms with Crippen LogP contribution in [0.5, 0.6) is 0 Å². The van der Waals surface area contributed by atoms with Gasteiger partial charge >= 0.3 is 0 Å². The Labute approximate surface area is 132 Å². The normalized spacial score (nSPS) is 16.7. The predicted octanol–water partition coefficient (Wildman–Crippen LogP) is 3.02. The Morgan fingerprint density at radius 1 is 1.47 bits per heavy atom. The Kier molecular flexibility index (Phi) is 5.47. The molecule has 1 saturated heterocycles. The van der Waals surface area contributed by atoms with Gasteiger partial charge in [0.2, 0.25) is 0 Å². The third-order valence-electron chi connectivity index (χ3n) is 3.56. The molecule has 0 aliphatic carbocycles. The monoisotopic (exact) mass is 392 g/mol. The molecule has 0 radical (unpaired) electrons. The third kappa shape index (κ3) is 3.83. The number of carbonyl (C=O) groups excluding carboxylic acids is 1. The molecular weight excluding hydrogens is 375 g/mol. The van der Waals surface area contributed by atoms with E-state index >= 15 is 0 Å². The van der Waals surface area contributed by atoms with E-state index in [0.717, 1.165) is 36.0 Å². The van der Waals surface area contributed by atoms with Gasteiger partial charge in [-0.25, -0.2) is 0 Å². The first-order chi connectivity index (χ1) is 9.11. The number of hydrogen-bond donors (Lipinski definition) is 1. The fourth-order valence-electron chi connectivity index (χ4n) is 2.46. The van der Waals surface area contributed by atoms with E-state index in [1.165, 1.54) is 0 Å². The van der Waals surface area contributed by atoms with Crippen molar-refractivity contribution in [2.75, 3.05) is 26.7 Å². The van der Waals surface area contributed by atoms with E-state index in [0.29, 0.717) is 16.5 Å². The average Bonchev–Trinajstić information content (AvgIpc) is 2.39. The summed E-state index contributed by atoms with van der Waals surface area (Å²) in [6, 6.07) is 5.59. The second-order valence-corrected chi connectivity index (χ2v) is 6.57. The van der Waals surface area contributed by atoms with Crippen molar-refractivity contribution < 1.29 is 4.79 Å². The lowest BCUT2D eigenvalue weighted by molar-refractivity contribution is 0.0691. The van der Waals surface area contributed by atoms with Gasteiger partial charge in [-0.3, -0.25) is 4.79 Å². The molecule has 0 bridgehead atoms. The van der Waals surface area contributed by atoms with Gasteiger partial charge in [0.05, 0.1) is 10.6 Å². The van der Waals surface area contributed by atoms with Crippen LogP contribution in [-0.4, -0.2) is 37.5 Å². The fraction of sp³-hybridized carbons (Fsp3) is 0.500. The van der Waals surface area contributed by atoms with Crippen LogP contribution >= 0.6 is 34.2 Å². The van der Waals surface area contributed by atoms with Gasteiger partial charge in [0.25, 0.3) is 5.91 Å². The standard InChI is InChI=1S/C14H18ClIN2O/c1-17-9-10-4-6-18(7-5-10)14(19)12-3-2-11(16)8-13(12)15/h2-3,8,10,17H,4-7,9H2,1H3. The summed E-state index contributed by atoms with van der Waals surface area (Å²) in [5, 5.41) is 3.75. The number of halogens is 2. The van der Waals surface area contributed by atoms with E-state index in [2.05, 4.69) is 27.9 Å². The van der Waals surface area contributed by atoms with Crippen LogP contribution in [0, 0.1) is 9.49 Å². The Hall–Kier alpha value is -0.330. The Morgan fingerprint density at radius 2 is 2.16 bits per heavy atom. The molecule has 1 aliphatic rings. The molecule has 104 valence electrons. The van der Waals surface area contributed by atoms with Crippen molar-refractivity contribution >= 4 is 40.1 Å². The molecule has 0 atom stereocenters. The van der Waals surface area contributed by atoms with E-state index in [1.807, 2.05) is 30.1 Å². The van der Waals surface area contributed by atoms with Gasteiger partial charge in [0.15, 0.2) is 0 Å². The van der Waals surface area contributed by atoms with Gasteiger partial charge in [0.1, 0.15) is 0 Å². The van der Waals surface area contributed by atoms with Crippen molar-refractivity contribution in [3.8, 4) is 0 Å². The Bertz CT molecular complexity index is 459. The zero-order valence-electron chi connectivity index (χ0n) is 11.0. The minimum atomic E-state index is 0.0595. The van der Waals surface area contributed by atoms with Crippen LogP contribution in [0.4, 0.5) is 0 Å². The second kappa shape index (κ2) is 6.90. The molecule has 1 aliphatic heterocycles. The number of nitrogens with one attached hydrogen (secondary N) is 1. The van der Waals surface area contributed by atoms with Gasteiger partial charge in [-0.15, -0.1) is 0 Å². The highest BCUT2D eigenvalue weighted by Crippen LogP contribution is 2.23. The molecule has 0 unspecified atom stereocenters. The first-order valence-electron chi connectivity index (χ1n) is 6.50. The van der Waals surface area contributed by atoms with Crippen molar-refractivity contribution in [1.82, 2.24) is 10.2 Å². The van der Waals surface area contributed by atoms with E-state index in [9.17, 15) is 4.79 Å². The zero-order chi connectivity index (χ0) is 13.8. The number of rotatable bonds is 3. The van der Waals surface area contributed by atoms with Crippen molar-refractivity contribution in [3.63, 3.8) is 0 Å². The van der Waals surface area contributed by atoms with E-state index in [1.54, 1.807) is 0 Å². The fourth-order valence-corrected chi connectivity index (χ4v) is 3.40. The number of likely N-dealkylation sites (tertiary alicyclic amines) is 1. The molecule has 1 fully saturated rings. The molecule has 19 heavy (non-hydrogen) atoms. The van der Waals surface area contributed by atoms with E-state index in [4.69, 9.17) is 11.6 Å². The summed E-state index contributed by atoms with van der Waals surface area (Å²) in [6.45, 7) is 2.69. The number of amides is 1. The smallest absolute Gasteiger partial charge is 0.255 e. The molecule has 1 N–H and O–H groups in total. The van der Waals surface area contributed by atoms with Crippen molar-refractivity contribution in [1.29, 1.82) is 0 Å². The minimum absolute atomic E-state index is 0.0595. The maximum absolute atomic E-state index is 12.4. The zero-order valence-corrected chi connectivity index (χ0v) is 13.9. The first-order valence-corrected chi connectivity index (χ1v) is 7.96. The molecule has 1 amide bonds. The molecule has 1 heterocycles. The molecule has 1 aromatic carbocycles. The molecule has 0 aromatic heterocycles. The van der Waals surface area contributed by atoms with Crippen LogP contribution in [0.2, 0.25) is 5.02 Å². The summed E-state index contributed by atoms with van der Waals surface area (Å²) in [7, 11) is 1.98. The van der Waals surface area contributed by atoms with Crippen LogP contribution in [0.3, 0.4) is 0 Å². The topological polar surface area (TPSA) is 32.3 Å². The summed E-state index contributed by atoms with van der Waals surface area (Å²) in [5.41, 5.74) is 0.620. The van der Waals surface area contributed by atoms with E-state index in [-0.39, 0.29) is 5.91 Å². The number of benzene rings is 1. The largest absolute Gasteiger partial charge is 0.339 e. The maximum atomic E-state index is 12.4. The quantitative estimate of drug-likeness (QED) is 0.802. The molecular formula is C14H18ClIN2O. The van der Waals surface area contributed by atoms with Gasteiger partial charge in [0, 0.05) is 16.7 Å². The number of carbonyl (C=O) groups is 1. The highest BCUT2D eigenvalue weighted by Gasteiger charge is 2.24. The lowest BCUT2D eigenvalue weighted by Crippen LogP contribution is -2.40. The van der Waals surface area contributed by atoms with Crippen molar-refractivity contribution in [2.45, 2.75) is 12.8 Å². The van der Waals surface area contributed by atoms with E-state index < -0.39 is 0 Å². The first kappa shape index (κ1) is 15.1. The summed E-state index contributed by atoms with van der Waals surface area (Å²) in [4.78, 5) is 14.3. The summed E-state index contributed by atoms with van der Waals surface area (Å²) < 4.78 is 1.05. The minimum Gasteiger partial charge on any atom is -0.339 e. The van der Waals surface area contributed by atoms with Crippen molar-refractivity contribution in [2.24, 2.45) is 5.92 Å². The second-order valence-electron chi connectivity index (χ2n) is 4.92. The van der Waals surface area contributed by atoms with Crippen LogP contribution in [0.15, 0.2) is 18.2 Å². The summed E-state index contributed by atoms with van der Waals surface area (Å²) in [6.07, 6.45) is 2.13. The lowest BCUT2D eigenvalue weighted by atomic mass is 9.96. The maximum Gasteiger partial charge on any atom is 0.255 e. The number of piperidine rings is 1. The van der Waals surface area contributed by atoms with Gasteiger partial charge in [-0.05, 0) is 73.1 Å². The van der Waals surface area contributed by atoms with Gasteiger partial charge in [-0.1, -0.05) is 11.6 Å². The lowest BCUT2D eigenvalue weighted by Gasteiger charge is -2.32. The Morgan fingerprint density at radius 3 is 2.74 bits per heavy atom. The molecule has 2 rings (SSSR count). The van der Waals surface area contributed by atoms with Crippen LogP contribution < -0.4 is 5.32 Å². The highest BCUT2D eigenvalue weighted by atomic mass is 127. The molecule has 1 aromatic rings. The molecule has 0 saturated carbocycles. The Balaban J connectivity index is 2.01. The summed E-state index contributed by atoms with van der Waals surface area (Å²) >= 11 is 8.36. The highest BCUT2D eigenvalue weighted by molar-refractivity contribution is 14.1. The van der Waals surface area contributed by atoms with Crippen molar-refractivity contribution in [3.05, 3.63) is 32.4 Å². The molecule has 5 heteroatoms. The van der Waals surface area contributed by atoms with Gasteiger partial charge < -0.3 is 10.2 Å². The summed E-state index contributed by atoms with van der Waals surface area (Å²) in [5.74, 6) is 0.741. The number of hydrogen-bond acceptors (Lipinski definition) is 2. The molecule has 3 nitrogen and oxygen atoms in total. The van der Waals surface area contributed by atoms with Crippen LogP contribution in [0.25, 0.3) is 0 Å². The number of nitrogens with zero attached hydrogens (tertiary/aromatic N) is 1. The SMILES string of the molecule is CNCC1CCN(C(=O)c2ccc(I)cc2Cl)CC1. The van der Waals surface area contributed by atoms with Crippen LogP contribution in [-0.2, 0) is 0 Å². The molecule has 0 spiro atoms.